The Balaban J connectivity index is 2.66. The number of aromatic nitrogens is 2. The Hall–Kier alpha value is -1.34. The molecule has 0 atom stereocenters. The molecule has 19 heavy (non-hydrogen) atoms. The number of rotatable bonds is 2. The first-order valence-corrected chi connectivity index (χ1v) is 6.05. The maximum Gasteiger partial charge on any atom is 0.281 e. The lowest BCUT2D eigenvalue weighted by Crippen LogP contribution is -1.98. The van der Waals surface area contributed by atoms with E-state index in [1.54, 1.807) is 0 Å². The van der Waals surface area contributed by atoms with Crippen molar-refractivity contribution in [1.82, 2.24) is 9.97 Å². The van der Waals surface area contributed by atoms with Crippen LogP contribution < -0.4 is 0 Å². The Kier molecular flexibility index (Phi) is 3.96. The van der Waals surface area contributed by atoms with Gasteiger partial charge in [-0.05, 0) is 28.1 Å². The summed E-state index contributed by atoms with van der Waals surface area (Å²) in [5.74, 6) is -1.16. The minimum atomic E-state index is -2.83. The number of phenolic OH excluding ortho intramolecular Hbond substituents is 1. The van der Waals surface area contributed by atoms with Crippen molar-refractivity contribution in [2.24, 2.45) is 0 Å². The van der Waals surface area contributed by atoms with Crippen molar-refractivity contribution in [2.45, 2.75) is 6.43 Å². The summed E-state index contributed by atoms with van der Waals surface area (Å²) in [4.78, 5) is 7.15. The average molecular weight is 354 g/mol. The highest BCUT2D eigenvalue weighted by atomic mass is 79.9. The van der Waals surface area contributed by atoms with Crippen LogP contribution in [0.5, 0.6) is 5.75 Å². The second-order valence-corrected chi connectivity index (χ2v) is 4.71. The van der Waals surface area contributed by atoms with Crippen molar-refractivity contribution >= 4 is 27.5 Å². The third kappa shape index (κ3) is 2.66. The van der Waals surface area contributed by atoms with Crippen molar-refractivity contribution < 1.29 is 18.3 Å². The topological polar surface area (TPSA) is 46.0 Å². The monoisotopic (exact) mass is 352 g/mol. The molecule has 0 saturated heterocycles. The Morgan fingerprint density at radius 1 is 1.26 bits per heavy atom. The van der Waals surface area contributed by atoms with Crippen molar-refractivity contribution in [2.75, 3.05) is 0 Å². The molecule has 1 aromatic carbocycles. The van der Waals surface area contributed by atoms with Gasteiger partial charge in [-0.2, -0.15) is 0 Å². The van der Waals surface area contributed by atoms with Gasteiger partial charge >= 0.3 is 0 Å². The number of nitrogens with zero attached hydrogens (tertiary/aromatic N) is 2. The van der Waals surface area contributed by atoms with Gasteiger partial charge in [-0.1, -0.05) is 11.6 Å². The van der Waals surface area contributed by atoms with Crippen LogP contribution in [-0.4, -0.2) is 15.1 Å². The SMILES string of the molecule is Oc1cc(-c2ncnc(C(F)F)c2Br)c(F)cc1Cl. The maximum absolute atomic E-state index is 13.8. The maximum atomic E-state index is 13.8. The second kappa shape index (κ2) is 5.34. The van der Waals surface area contributed by atoms with E-state index >= 15 is 0 Å². The largest absolute Gasteiger partial charge is 0.506 e. The van der Waals surface area contributed by atoms with Gasteiger partial charge in [-0.15, -0.1) is 0 Å². The molecule has 1 aromatic heterocycles. The summed E-state index contributed by atoms with van der Waals surface area (Å²) in [7, 11) is 0. The van der Waals surface area contributed by atoms with Gasteiger partial charge in [0.25, 0.3) is 6.43 Å². The summed E-state index contributed by atoms with van der Waals surface area (Å²) in [5.41, 5.74) is -0.799. The number of aromatic hydroxyl groups is 1. The summed E-state index contributed by atoms with van der Waals surface area (Å²) in [6, 6.07) is 1.89. The molecule has 0 radical (unpaired) electrons. The smallest absolute Gasteiger partial charge is 0.281 e. The molecule has 100 valence electrons. The molecular formula is C11H5BrClF3N2O. The number of hydrogen-bond donors (Lipinski definition) is 1. The van der Waals surface area contributed by atoms with Crippen LogP contribution in [0.2, 0.25) is 5.02 Å². The van der Waals surface area contributed by atoms with Gasteiger partial charge < -0.3 is 5.11 Å². The predicted molar refractivity (Wildman–Crippen MR) is 66.8 cm³/mol. The van der Waals surface area contributed by atoms with Crippen LogP contribution in [0, 0.1) is 5.82 Å². The number of benzene rings is 1. The van der Waals surface area contributed by atoms with Gasteiger partial charge in [-0.25, -0.2) is 23.1 Å². The molecule has 2 aromatic rings. The summed E-state index contributed by atoms with van der Waals surface area (Å²) in [6.45, 7) is 0. The van der Waals surface area contributed by atoms with Crippen LogP contribution in [-0.2, 0) is 0 Å². The normalized spacial score (nSPS) is 11.1. The second-order valence-electron chi connectivity index (χ2n) is 3.51. The average Bonchev–Trinajstić information content (AvgIpc) is 2.34. The first-order chi connectivity index (χ1) is 8.91. The van der Waals surface area contributed by atoms with Crippen molar-refractivity contribution in [3.05, 3.63) is 39.5 Å². The van der Waals surface area contributed by atoms with E-state index in [0.717, 1.165) is 18.5 Å². The minimum Gasteiger partial charge on any atom is -0.506 e. The zero-order valence-corrected chi connectivity index (χ0v) is 11.4. The van der Waals surface area contributed by atoms with Gasteiger partial charge in [0.05, 0.1) is 15.2 Å². The Labute approximate surface area is 119 Å². The van der Waals surface area contributed by atoms with Crippen molar-refractivity contribution in [3.8, 4) is 17.0 Å². The molecule has 0 saturated carbocycles. The minimum absolute atomic E-state index is 0.0882. The lowest BCUT2D eigenvalue weighted by molar-refractivity contribution is 0.145. The van der Waals surface area contributed by atoms with Crippen molar-refractivity contribution in [3.63, 3.8) is 0 Å². The van der Waals surface area contributed by atoms with Gasteiger partial charge in [0.2, 0.25) is 0 Å². The fourth-order valence-corrected chi connectivity index (χ4v) is 2.18. The molecule has 8 heteroatoms. The Morgan fingerprint density at radius 2 is 1.95 bits per heavy atom. The van der Waals surface area contributed by atoms with Crippen LogP contribution in [0.3, 0.4) is 0 Å². The van der Waals surface area contributed by atoms with Crippen LogP contribution in [0.25, 0.3) is 11.3 Å². The van der Waals surface area contributed by atoms with Crippen molar-refractivity contribution in [1.29, 1.82) is 0 Å². The highest BCUT2D eigenvalue weighted by Crippen LogP contribution is 2.37. The number of phenols is 1. The zero-order chi connectivity index (χ0) is 14.2. The molecule has 2 rings (SSSR count). The molecule has 3 nitrogen and oxygen atoms in total. The molecule has 0 fully saturated rings. The van der Waals surface area contributed by atoms with E-state index in [4.69, 9.17) is 11.6 Å². The van der Waals surface area contributed by atoms with Gasteiger partial charge in [-0.3, -0.25) is 0 Å². The molecule has 0 aliphatic heterocycles. The van der Waals surface area contributed by atoms with Crippen LogP contribution in [0.1, 0.15) is 12.1 Å². The molecule has 0 aliphatic rings. The summed E-state index contributed by atoms with van der Waals surface area (Å²) in [5, 5.41) is 9.27. The van der Waals surface area contributed by atoms with E-state index < -0.39 is 17.9 Å². The van der Waals surface area contributed by atoms with Gasteiger partial charge in [0.1, 0.15) is 23.6 Å². The van der Waals surface area contributed by atoms with E-state index in [1.807, 2.05) is 0 Å². The molecule has 0 spiro atoms. The third-order valence-corrected chi connectivity index (χ3v) is 3.40. The fourth-order valence-electron chi connectivity index (χ4n) is 1.44. The van der Waals surface area contributed by atoms with Gasteiger partial charge in [0.15, 0.2) is 0 Å². The molecule has 1 N–H and O–H groups in total. The first kappa shape index (κ1) is 14.1. The Morgan fingerprint density at radius 3 is 2.58 bits per heavy atom. The predicted octanol–water partition coefficient (Wildman–Crippen LogP) is 4.34. The summed E-state index contributed by atoms with van der Waals surface area (Å²) >= 11 is 8.45. The van der Waals surface area contributed by atoms with E-state index in [0.29, 0.717) is 0 Å². The summed E-state index contributed by atoms with van der Waals surface area (Å²) in [6.07, 6.45) is -1.94. The lowest BCUT2D eigenvalue weighted by Gasteiger charge is -2.09. The molecule has 0 aliphatic carbocycles. The van der Waals surface area contributed by atoms with Gasteiger partial charge in [0, 0.05) is 5.56 Å². The molecule has 1 heterocycles. The number of hydrogen-bond acceptors (Lipinski definition) is 3. The third-order valence-electron chi connectivity index (χ3n) is 2.31. The quantitative estimate of drug-likeness (QED) is 0.873. The zero-order valence-electron chi connectivity index (χ0n) is 9.04. The number of alkyl halides is 2. The summed E-state index contributed by atoms with van der Waals surface area (Å²) < 4.78 is 39.0. The number of halogens is 5. The highest BCUT2D eigenvalue weighted by Gasteiger charge is 2.20. The van der Waals surface area contributed by atoms with E-state index in [9.17, 15) is 18.3 Å². The molecular weight excluding hydrogens is 348 g/mol. The standard InChI is InChI=1S/C11H5BrClF3N2O/c12-8-9(17-3-18-10(8)11(15)16)4-1-7(19)5(13)2-6(4)14/h1-3,11,19H. The van der Waals surface area contributed by atoms with E-state index in [-0.39, 0.29) is 26.5 Å². The van der Waals surface area contributed by atoms with Crippen LogP contribution in [0.4, 0.5) is 13.2 Å². The molecule has 0 unspecified atom stereocenters. The Bertz CT molecular complexity index is 640. The first-order valence-electron chi connectivity index (χ1n) is 4.88. The van der Waals surface area contributed by atoms with Crippen LogP contribution >= 0.6 is 27.5 Å². The lowest BCUT2D eigenvalue weighted by atomic mass is 10.1. The molecule has 0 amide bonds. The molecule has 0 bridgehead atoms. The van der Waals surface area contributed by atoms with Crippen LogP contribution in [0.15, 0.2) is 22.9 Å². The van der Waals surface area contributed by atoms with E-state index in [2.05, 4.69) is 25.9 Å². The highest BCUT2D eigenvalue weighted by molar-refractivity contribution is 9.10. The van der Waals surface area contributed by atoms with E-state index in [1.165, 1.54) is 0 Å². The fraction of sp³-hybridized carbons (Fsp3) is 0.0909.